The molecule has 2 aromatic carbocycles. The second-order valence-electron chi connectivity index (χ2n) is 8.35. The van der Waals surface area contributed by atoms with Crippen LogP contribution in [0, 0.1) is 5.92 Å². The van der Waals surface area contributed by atoms with E-state index in [1.54, 1.807) is 0 Å². The van der Waals surface area contributed by atoms with Gasteiger partial charge in [-0.05, 0) is 60.6 Å². The molecule has 0 spiro atoms. The van der Waals surface area contributed by atoms with E-state index in [9.17, 15) is 4.79 Å². The van der Waals surface area contributed by atoms with Crippen molar-refractivity contribution in [3.8, 4) is 0 Å². The first-order valence-corrected chi connectivity index (χ1v) is 10.9. The molecule has 4 heteroatoms. The van der Waals surface area contributed by atoms with E-state index in [-0.39, 0.29) is 11.8 Å². The summed E-state index contributed by atoms with van der Waals surface area (Å²) >= 11 is 0. The lowest BCUT2D eigenvalue weighted by atomic mass is 9.94. The van der Waals surface area contributed by atoms with Gasteiger partial charge >= 0.3 is 0 Å². The number of fused-ring (bicyclic) bond motifs is 1. The third-order valence-electron chi connectivity index (χ3n) is 6.46. The normalized spacial score (nSPS) is 20.6. The highest BCUT2D eigenvalue weighted by Gasteiger charge is 2.31. The molecule has 1 amide bonds. The van der Waals surface area contributed by atoms with Crippen LogP contribution in [0.5, 0.6) is 0 Å². The minimum Gasteiger partial charge on any atom is -0.370 e. The maximum absolute atomic E-state index is 13.0. The number of aliphatic imine (C=N–C) groups is 1. The summed E-state index contributed by atoms with van der Waals surface area (Å²) < 4.78 is 0. The molecule has 0 radical (unpaired) electrons. The van der Waals surface area contributed by atoms with Crippen LogP contribution in [0.1, 0.15) is 36.8 Å². The Bertz CT molecular complexity index is 1060. The van der Waals surface area contributed by atoms with Crippen molar-refractivity contribution in [2.45, 2.75) is 32.1 Å². The minimum atomic E-state index is -0.129. The molecule has 0 bridgehead atoms. The number of hydrogen-bond donors (Lipinski definition) is 1. The number of amides is 1. The smallest absolute Gasteiger partial charge is 0.273 e. The van der Waals surface area contributed by atoms with Crippen LogP contribution >= 0.6 is 0 Å². The predicted octanol–water partition coefficient (Wildman–Crippen LogP) is 5.23. The first kappa shape index (κ1) is 18.9. The maximum atomic E-state index is 13.0. The van der Waals surface area contributed by atoms with Gasteiger partial charge in [-0.3, -0.25) is 9.79 Å². The number of piperidine rings is 1. The summed E-state index contributed by atoms with van der Waals surface area (Å²) in [6.07, 6.45) is 7.28. The highest BCUT2D eigenvalue weighted by Crippen LogP contribution is 2.39. The van der Waals surface area contributed by atoms with Crippen molar-refractivity contribution in [1.29, 1.82) is 0 Å². The molecule has 2 aliphatic heterocycles. The number of hydrogen-bond acceptors (Lipinski definition) is 3. The van der Waals surface area contributed by atoms with Crippen LogP contribution < -0.4 is 10.2 Å². The van der Waals surface area contributed by atoms with Gasteiger partial charge in [0, 0.05) is 31.1 Å². The highest BCUT2D eigenvalue weighted by atomic mass is 16.2. The Morgan fingerprint density at radius 3 is 2.63 bits per heavy atom. The third kappa shape index (κ3) is 3.47. The first-order valence-electron chi connectivity index (χ1n) is 10.9. The number of carbonyl (C=O) groups excluding carboxylic acids is 1. The van der Waals surface area contributed by atoms with Gasteiger partial charge in [-0.2, -0.15) is 0 Å². The topological polar surface area (TPSA) is 44.7 Å². The Labute approximate surface area is 178 Å². The zero-order valence-electron chi connectivity index (χ0n) is 17.2. The van der Waals surface area contributed by atoms with E-state index in [4.69, 9.17) is 4.99 Å². The van der Waals surface area contributed by atoms with Gasteiger partial charge in [0.25, 0.3) is 5.91 Å². The number of nitrogens with zero attached hydrogens (tertiary/aromatic N) is 2. The molecule has 3 aliphatic rings. The van der Waals surface area contributed by atoms with Crippen molar-refractivity contribution in [2.75, 3.05) is 23.3 Å². The van der Waals surface area contributed by atoms with Crippen molar-refractivity contribution in [2.24, 2.45) is 10.9 Å². The summed E-state index contributed by atoms with van der Waals surface area (Å²) in [5.74, 6) is 0.0696. The highest BCUT2D eigenvalue weighted by molar-refractivity contribution is 6.11. The molecular formula is C26H27N3O. The number of rotatable bonds is 4. The summed E-state index contributed by atoms with van der Waals surface area (Å²) in [4.78, 5) is 20.1. The van der Waals surface area contributed by atoms with Crippen molar-refractivity contribution in [3.05, 3.63) is 78.0 Å². The van der Waals surface area contributed by atoms with E-state index in [1.807, 2.05) is 24.3 Å². The third-order valence-corrected chi connectivity index (χ3v) is 6.46. The molecule has 2 aromatic rings. The molecule has 5 rings (SSSR count). The van der Waals surface area contributed by atoms with Gasteiger partial charge in [0.15, 0.2) is 0 Å². The van der Waals surface area contributed by atoms with Crippen molar-refractivity contribution in [1.82, 2.24) is 0 Å². The Hall–Kier alpha value is -3.14. The molecule has 1 saturated heterocycles. The summed E-state index contributed by atoms with van der Waals surface area (Å²) in [5.41, 5.74) is 7.21. The molecule has 0 saturated carbocycles. The first-order chi connectivity index (χ1) is 14.7. The number of anilines is 2. The largest absolute Gasteiger partial charge is 0.370 e. The van der Waals surface area contributed by atoms with Crippen molar-refractivity contribution < 1.29 is 4.79 Å². The molecule has 152 valence electrons. The van der Waals surface area contributed by atoms with Crippen molar-refractivity contribution in [3.63, 3.8) is 0 Å². The summed E-state index contributed by atoms with van der Waals surface area (Å²) in [7, 11) is 0. The molecule has 0 aromatic heterocycles. The van der Waals surface area contributed by atoms with Gasteiger partial charge in [0.2, 0.25) is 0 Å². The molecule has 1 N–H and O–H groups in total. The fourth-order valence-electron chi connectivity index (χ4n) is 4.85. The quantitative estimate of drug-likeness (QED) is 0.768. The van der Waals surface area contributed by atoms with Gasteiger partial charge in [0.1, 0.15) is 5.70 Å². The fraction of sp³-hybridized carbons (Fsp3) is 0.308. The van der Waals surface area contributed by atoms with Crippen LogP contribution in [0.4, 0.5) is 11.4 Å². The summed E-state index contributed by atoms with van der Waals surface area (Å²) in [6.45, 7) is 6.40. The predicted molar refractivity (Wildman–Crippen MR) is 124 cm³/mol. The second kappa shape index (κ2) is 7.94. The number of carbonyl (C=O) groups is 1. The van der Waals surface area contributed by atoms with Crippen LogP contribution in [0.15, 0.2) is 71.9 Å². The van der Waals surface area contributed by atoms with E-state index in [0.717, 1.165) is 42.2 Å². The Morgan fingerprint density at radius 1 is 1.03 bits per heavy atom. The van der Waals surface area contributed by atoms with Gasteiger partial charge in [0.05, 0.1) is 11.4 Å². The van der Waals surface area contributed by atoms with Crippen LogP contribution in [-0.4, -0.2) is 24.7 Å². The molecule has 30 heavy (non-hydrogen) atoms. The van der Waals surface area contributed by atoms with Crippen LogP contribution in [-0.2, 0) is 11.2 Å². The lowest BCUT2D eigenvalue weighted by molar-refractivity contribution is -0.112. The zero-order valence-corrected chi connectivity index (χ0v) is 17.2. The second-order valence-corrected chi connectivity index (χ2v) is 8.35. The van der Waals surface area contributed by atoms with Crippen molar-refractivity contribution >= 4 is 28.6 Å². The minimum absolute atomic E-state index is 0.129. The lowest BCUT2D eigenvalue weighted by Crippen LogP contribution is -2.30. The van der Waals surface area contributed by atoms with Crippen LogP contribution in [0.25, 0.3) is 5.57 Å². The number of allylic oxidation sites excluding steroid dienone is 2. The van der Waals surface area contributed by atoms with Gasteiger partial charge in [-0.25, -0.2) is 0 Å². The Morgan fingerprint density at radius 2 is 1.80 bits per heavy atom. The standard InChI is InChI=1S/C26H27N3O/c1-18-20-10-4-3-9-19(20)17-21(18)22-13-14-24(27-22)26(30)28-23-11-5-6-12-25(23)29-15-7-2-8-16-29/h3-6,9-12,14,21H,1-2,7-8,13,15-17H2,(H,28,30). The number of nitrogens with one attached hydrogen (secondary N) is 1. The zero-order chi connectivity index (χ0) is 20.5. The van der Waals surface area contributed by atoms with E-state index in [0.29, 0.717) is 12.1 Å². The molecule has 2 heterocycles. The van der Waals surface area contributed by atoms with Gasteiger partial charge in [-0.15, -0.1) is 0 Å². The lowest BCUT2D eigenvalue weighted by Gasteiger charge is -2.30. The van der Waals surface area contributed by atoms with Crippen LogP contribution in [0.2, 0.25) is 0 Å². The van der Waals surface area contributed by atoms with E-state index in [1.165, 1.54) is 30.4 Å². The van der Waals surface area contributed by atoms with Crippen LogP contribution in [0.3, 0.4) is 0 Å². The maximum Gasteiger partial charge on any atom is 0.273 e. The van der Waals surface area contributed by atoms with E-state index < -0.39 is 0 Å². The Balaban J connectivity index is 1.31. The number of para-hydroxylation sites is 2. The molecule has 1 aliphatic carbocycles. The monoisotopic (exact) mass is 397 g/mol. The van der Waals surface area contributed by atoms with Gasteiger partial charge < -0.3 is 10.2 Å². The Kier molecular flexibility index (Phi) is 4.99. The SMILES string of the molecule is C=C1c2ccccc2CC1C1=NC(C(=O)Nc2ccccc2N2CCCCC2)=CC1. The average Bonchev–Trinajstić information content (AvgIpc) is 3.40. The summed E-state index contributed by atoms with van der Waals surface area (Å²) in [6, 6.07) is 16.5. The molecular weight excluding hydrogens is 370 g/mol. The molecule has 4 nitrogen and oxygen atoms in total. The van der Waals surface area contributed by atoms with E-state index >= 15 is 0 Å². The molecule has 1 fully saturated rings. The number of benzene rings is 2. The summed E-state index contributed by atoms with van der Waals surface area (Å²) in [5, 5.41) is 3.11. The van der Waals surface area contributed by atoms with E-state index in [2.05, 4.69) is 47.1 Å². The molecule has 1 atom stereocenters. The fourth-order valence-corrected chi connectivity index (χ4v) is 4.85. The molecule has 1 unspecified atom stereocenters. The van der Waals surface area contributed by atoms with Gasteiger partial charge in [-0.1, -0.05) is 43.0 Å². The average molecular weight is 398 g/mol.